The van der Waals surface area contributed by atoms with Gasteiger partial charge in [0.15, 0.2) is 0 Å². The van der Waals surface area contributed by atoms with E-state index in [2.05, 4.69) is 16.7 Å². The first kappa shape index (κ1) is 20.5. The smallest absolute Gasteiger partial charge is 0.293 e. The summed E-state index contributed by atoms with van der Waals surface area (Å²) in [7, 11) is 0. The number of non-ortho nitro benzene ring substituents is 1. The van der Waals surface area contributed by atoms with Crippen molar-refractivity contribution in [3.05, 3.63) is 76.9 Å². The van der Waals surface area contributed by atoms with Gasteiger partial charge in [-0.3, -0.25) is 14.9 Å². The molecule has 0 aliphatic carbocycles. The molecule has 3 aromatic rings. The van der Waals surface area contributed by atoms with Crippen molar-refractivity contribution in [2.24, 2.45) is 0 Å². The number of hydrogen-bond donors (Lipinski definition) is 0. The number of fused-ring (bicyclic) bond motifs is 3. The number of nitro groups is 1. The van der Waals surface area contributed by atoms with Gasteiger partial charge in [0.2, 0.25) is 5.91 Å². The van der Waals surface area contributed by atoms with Crippen molar-refractivity contribution in [1.29, 1.82) is 0 Å². The molecule has 31 heavy (non-hydrogen) atoms. The van der Waals surface area contributed by atoms with Gasteiger partial charge in [-0.15, -0.1) is 6.58 Å². The summed E-state index contributed by atoms with van der Waals surface area (Å²) in [6.07, 6.45) is 0.870. The first-order chi connectivity index (χ1) is 14.9. The lowest BCUT2D eigenvalue weighted by molar-refractivity contribution is -0.764. The van der Waals surface area contributed by atoms with Crippen LogP contribution >= 0.6 is 11.8 Å². The Morgan fingerprint density at radius 3 is 2.65 bits per heavy atom. The Labute approximate surface area is 181 Å². The molecule has 1 aliphatic heterocycles. The number of carbonyl (C=O) groups excluding carboxylic acids is 1. The number of para-hydroxylation sites is 1. The highest BCUT2D eigenvalue weighted by Gasteiger charge is 2.43. The Morgan fingerprint density at radius 2 is 2.00 bits per heavy atom. The molecule has 0 saturated carbocycles. The Morgan fingerprint density at radius 1 is 1.29 bits per heavy atom. The normalized spacial score (nSPS) is 14.5. The highest BCUT2D eigenvalue weighted by Crippen LogP contribution is 2.40. The SMILES string of the molecule is C=CCSc1nc([O-])c2[n+](n1)C(c1ccc([N+](=O)[O-])cc1)N(C(C)=O)c1ccccc1-2. The van der Waals surface area contributed by atoms with E-state index in [1.165, 1.54) is 40.4 Å². The number of rotatable bonds is 5. The van der Waals surface area contributed by atoms with Gasteiger partial charge in [-0.2, -0.15) is 0 Å². The topological polar surface area (TPSA) is 116 Å². The molecule has 1 atom stereocenters. The molecule has 2 aromatic carbocycles. The summed E-state index contributed by atoms with van der Waals surface area (Å²) in [4.78, 5) is 28.9. The van der Waals surface area contributed by atoms with Crippen LogP contribution in [0.3, 0.4) is 0 Å². The third-order valence-corrected chi connectivity index (χ3v) is 5.62. The van der Waals surface area contributed by atoms with Crippen molar-refractivity contribution in [3.8, 4) is 17.1 Å². The van der Waals surface area contributed by atoms with Gasteiger partial charge in [0.25, 0.3) is 22.7 Å². The summed E-state index contributed by atoms with van der Waals surface area (Å²) < 4.78 is 1.48. The van der Waals surface area contributed by atoms with Crippen molar-refractivity contribution in [2.45, 2.75) is 18.2 Å². The molecule has 1 aliphatic rings. The van der Waals surface area contributed by atoms with Crippen LogP contribution in [0.15, 0.2) is 66.3 Å². The van der Waals surface area contributed by atoms with Crippen LogP contribution in [0, 0.1) is 10.1 Å². The summed E-state index contributed by atoms with van der Waals surface area (Å²) >= 11 is 1.25. The lowest BCUT2D eigenvalue weighted by Gasteiger charge is -2.32. The first-order valence-corrected chi connectivity index (χ1v) is 10.3. The maximum Gasteiger partial charge on any atom is 0.293 e. The third kappa shape index (κ3) is 3.61. The van der Waals surface area contributed by atoms with E-state index in [1.807, 2.05) is 0 Å². The zero-order valence-electron chi connectivity index (χ0n) is 16.5. The van der Waals surface area contributed by atoms with Gasteiger partial charge >= 0.3 is 0 Å². The Balaban J connectivity index is 1.98. The molecule has 1 unspecified atom stereocenters. The van der Waals surface area contributed by atoms with Gasteiger partial charge in [0.1, 0.15) is 0 Å². The van der Waals surface area contributed by atoms with E-state index in [1.54, 1.807) is 42.5 Å². The lowest BCUT2D eigenvalue weighted by atomic mass is 10.0. The second kappa shape index (κ2) is 8.15. The number of thioether (sulfide) groups is 1. The van der Waals surface area contributed by atoms with Crippen molar-refractivity contribution in [3.63, 3.8) is 0 Å². The third-order valence-electron chi connectivity index (χ3n) is 4.79. The molecular formula is C21H17N5O4S. The van der Waals surface area contributed by atoms with Gasteiger partial charge in [-0.05, 0) is 24.3 Å². The maximum absolute atomic E-state index is 13.0. The van der Waals surface area contributed by atoms with E-state index in [9.17, 15) is 20.0 Å². The Bertz CT molecular complexity index is 1200. The minimum absolute atomic E-state index is 0.0750. The number of hydrogen-bond acceptors (Lipinski definition) is 7. The van der Waals surface area contributed by atoms with E-state index in [0.717, 1.165) is 0 Å². The first-order valence-electron chi connectivity index (χ1n) is 9.30. The van der Waals surface area contributed by atoms with E-state index in [-0.39, 0.29) is 22.4 Å². The monoisotopic (exact) mass is 435 g/mol. The van der Waals surface area contributed by atoms with Crippen LogP contribution in [-0.2, 0) is 4.79 Å². The van der Waals surface area contributed by atoms with Crippen molar-refractivity contribution in [2.75, 3.05) is 10.7 Å². The van der Waals surface area contributed by atoms with Gasteiger partial charge in [-0.1, -0.05) is 34.7 Å². The highest BCUT2D eigenvalue weighted by atomic mass is 32.2. The molecule has 1 aromatic heterocycles. The second-order valence-electron chi connectivity index (χ2n) is 6.72. The molecule has 9 nitrogen and oxygen atoms in total. The quantitative estimate of drug-likeness (QED) is 0.199. The predicted molar refractivity (Wildman–Crippen MR) is 112 cm³/mol. The average Bonchev–Trinajstić information content (AvgIpc) is 2.76. The standard InChI is InChI=1S/C21H17N5O4S/c1-3-12-31-21-22-19(28)18-16-6-4-5-7-17(16)24(13(2)27)20(25(18)23-21)14-8-10-15(11-9-14)26(29)30/h3-11,20H,1,12H2,2H3. The highest BCUT2D eigenvalue weighted by molar-refractivity contribution is 7.99. The fourth-order valence-corrected chi connectivity index (χ4v) is 4.10. The van der Waals surface area contributed by atoms with Crippen LogP contribution in [0.25, 0.3) is 11.3 Å². The second-order valence-corrected chi connectivity index (χ2v) is 7.71. The van der Waals surface area contributed by atoms with Crippen molar-refractivity contribution in [1.82, 2.24) is 10.1 Å². The molecule has 4 rings (SSSR count). The largest absolute Gasteiger partial charge is 0.854 e. The van der Waals surface area contributed by atoms with Crippen molar-refractivity contribution >= 4 is 29.0 Å². The van der Waals surface area contributed by atoms with E-state index < -0.39 is 17.0 Å². The average molecular weight is 435 g/mol. The van der Waals surface area contributed by atoms with Crippen LogP contribution in [0.5, 0.6) is 5.88 Å². The van der Waals surface area contributed by atoms with E-state index in [0.29, 0.717) is 22.6 Å². The van der Waals surface area contributed by atoms with Gasteiger partial charge in [0, 0.05) is 35.5 Å². The number of nitro benzene ring substituents is 1. The molecule has 0 spiro atoms. The zero-order chi connectivity index (χ0) is 22.1. The van der Waals surface area contributed by atoms with Crippen molar-refractivity contribution < 1.29 is 19.5 Å². The molecule has 0 bridgehead atoms. The molecule has 156 valence electrons. The molecule has 0 saturated heterocycles. The maximum atomic E-state index is 13.0. The summed E-state index contributed by atoms with van der Waals surface area (Å²) in [6.45, 7) is 5.09. The molecule has 0 radical (unpaired) electrons. The number of benzene rings is 2. The molecule has 0 fully saturated rings. The molecule has 1 amide bonds. The molecule has 0 N–H and O–H groups in total. The van der Waals surface area contributed by atoms with E-state index in [4.69, 9.17) is 0 Å². The summed E-state index contributed by atoms with van der Waals surface area (Å²) in [6, 6.07) is 12.9. The number of nitrogens with zero attached hydrogens (tertiary/aromatic N) is 5. The number of anilines is 1. The lowest BCUT2D eigenvalue weighted by Crippen LogP contribution is -2.58. The van der Waals surface area contributed by atoms with Crippen LogP contribution in [0.2, 0.25) is 0 Å². The molecular weight excluding hydrogens is 418 g/mol. The van der Waals surface area contributed by atoms with Crippen LogP contribution in [-0.4, -0.2) is 26.7 Å². The van der Waals surface area contributed by atoms with Gasteiger partial charge in [-0.25, -0.2) is 9.88 Å². The number of carbonyl (C=O) groups is 1. The Hall–Kier alpha value is -3.79. The predicted octanol–water partition coefficient (Wildman–Crippen LogP) is 2.60. The summed E-state index contributed by atoms with van der Waals surface area (Å²) in [5.41, 5.74) is 1.83. The van der Waals surface area contributed by atoms with Crippen LogP contribution in [0.1, 0.15) is 18.7 Å². The summed E-state index contributed by atoms with van der Waals surface area (Å²) in [5.74, 6) is -0.224. The molecule has 10 heteroatoms. The fourth-order valence-electron chi connectivity index (χ4n) is 3.54. The van der Waals surface area contributed by atoms with Crippen LogP contribution < -0.4 is 14.7 Å². The Kier molecular flexibility index (Phi) is 5.38. The summed E-state index contributed by atoms with van der Waals surface area (Å²) in [5, 5.41) is 28.9. The van der Waals surface area contributed by atoms with E-state index >= 15 is 0 Å². The van der Waals surface area contributed by atoms with Crippen LogP contribution in [0.4, 0.5) is 11.4 Å². The van der Waals surface area contributed by atoms with Gasteiger partial charge < -0.3 is 5.11 Å². The fraction of sp³-hybridized carbons (Fsp3) is 0.143. The minimum atomic E-state index is -0.804. The van der Waals surface area contributed by atoms with Gasteiger partial charge in [0.05, 0.1) is 22.1 Å². The number of amides is 1. The number of aromatic nitrogens is 3. The molecule has 2 heterocycles. The minimum Gasteiger partial charge on any atom is -0.854 e. The zero-order valence-corrected chi connectivity index (χ0v) is 17.3.